The van der Waals surface area contributed by atoms with Gasteiger partial charge in [-0.25, -0.2) is 0 Å². The SMILES string of the molecule is Cc1nn(C(C)(C)C)cc1C(C)NCC(C)(C)CCO. The number of rotatable bonds is 6. The summed E-state index contributed by atoms with van der Waals surface area (Å²) < 4.78 is 2.04. The third kappa shape index (κ3) is 4.60. The molecule has 0 amide bonds. The first-order valence-corrected chi connectivity index (χ1v) is 7.48. The minimum atomic E-state index is 0.0128. The highest BCUT2D eigenvalue weighted by atomic mass is 16.3. The largest absolute Gasteiger partial charge is 0.396 e. The van der Waals surface area contributed by atoms with Gasteiger partial charge in [-0.2, -0.15) is 5.10 Å². The Labute approximate surface area is 123 Å². The van der Waals surface area contributed by atoms with E-state index in [9.17, 15) is 0 Å². The molecular formula is C16H31N3O. The van der Waals surface area contributed by atoms with Crippen LogP contribution in [-0.4, -0.2) is 28.0 Å². The van der Waals surface area contributed by atoms with E-state index >= 15 is 0 Å². The van der Waals surface area contributed by atoms with Gasteiger partial charge in [-0.1, -0.05) is 13.8 Å². The van der Waals surface area contributed by atoms with E-state index < -0.39 is 0 Å². The van der Waals surface area contributed by atoms with Crippen molar-refractivity contribution >= 4 is 0 Å². The van der Waals surface area contributed by atoms with Crippen molar-refractivity contribution in [1.82, 2.24) is 15.1 Å². The van der Waals surface area contributed by atoms with Gasteiger partial charge in [0.2, 0.25) is 0 Å². The average molecular weight is 281 g/mol. The van der Waals surface area contributed by atoms with Crippen LogP contribution in [0.3, 0.4) is 0 Å². The van der Waals surface area contributed by atoms with E-state index in [-0.39, 0.29) is 23.6 Å². The van der Waals surface area contributed by atoms with E-state index in [1.54, 1.807) is 0 Å². The molecule has 0 saturated heterocycles. The molecule has 0 aliphatic rings. The molecule has 1 aromatic heterocycles. The molecule has 0 radical (unpaired) electrons. The van der Waals surface area contributed by atoms with Crippen LogP contribution in [0.5, 0.6) is 0 Å². The van der Waals surface area contributed by atoms with Crippen molar-refractivity contribution in [3.05, 3.63) is 17.5 Å². The molecule has 116 valence electrons. The third-order valence-electron chi connectivity index (χ3n) is 3.77. The lowest BCUT2D eigenvalue weighted by Crippen LogP contribution is -2.32. The van der Waals surface area contributed by atoms with Gasteiger partial charge in [-0.15, -0.1) is 0 Å². The summed E-state index contributed by atoms with van der Waals surface area (Å²) in [6, 6.07) is 0.268. The molecule has 0 fully saturated rings. The Morgan fingerprint density at radius 1 is 1.30 bits per heavy atom. The molecule has 4 nitrogen and oxygen atoms in total. The van der Waals surface area contributed by atoms with Gasteiger partial charge >= 0.3 is 0 Å². The first-order chi connectivity index (χ1) is 9.07. The van der Waals surface area contributed by atoms with E-state index in [1.165, 1.54) is 5.56 Å². The van der Waals surface area contributed by atoms with Crippen molar-refractivity contribution in [2.45, 2.75) is 66.5 Å². The van der Waals surface area contributed by atoms with Gasteiger partial charge < -0.3 is 10.4 Å². The molecule has 1 unspecified atom stereocenters. The standard InChI is InChI=1S/C16H31N3O/c1-12(17-11-16(6,7)8-9-20)14-10-19(15(3,4)5)18-13(14)2/h10,12,17,20H,8-9,11H2,1-7H3. The smallest absolute Gasteiger partial charge is 0.0641 e. The van der Waals surface area contributed by atoms with Crippen molar-refractivity contribution in [3.8, 4) is 0 Å². The molecule has 1 aromatic rings. The lowest BCUT2D eigenvalue weighted by atomic mass is 9.89. The van der Waals surface area contributed by atoms with Gasteiger partial charge in [0.1, 0.15) is 0 Å². The van der Waals surface area contributed by atoms with Crippen LogP contribution in [0.15, 0.2) is 6.20 Å². The van der Waals surface area contributed by atoms with Crippen LogP contribution in [0.2, 0.25) is 0 Å². The predicted molar refractivity (Wildman–Crippen MR) is 83.9 cm³/mol. The minimum Gasteiger partial charge on any atom is -0.396 e. The Bertz CT molecular complexity index is 429. The Morgan fingerprint density at radius 2 is 1.90 bits per heavy atom. The van der Waals surface area contributed by atoms with E-state index in [0.29, 0.717) is 0 Å². The maximum atomic E-state index is 9.08. The number of nitrogens with one attached hydrogen (secondary N) is 1. The molecule has 20 heavy (non-hydrogen) atoms. The van der Waals surface area contributed by atoms with E-state index in [2.05, 4.69) is 65.1 Å². The van der Waals surface area contributed by atoms with Crippen LogP contribution in [0.25, 0.3) is 0 Å². The normalized spacial score (nSPS) is 14.6. The molecule has 0 aliphatic carbocycles. The van der Waals surface area contributed by atoms with Crippen molar-refractivity contribution in [1.29, 1.82) is 0 Å². The molecule has 0 bridgehead atoms. The van der Waals surface area contributed by atoms with Crippen LogP contribution < -0.4 is 5.32 Å². The summed E-state index contributed by atoms with van der Waals surface area (Å²) in [5.41, 5.74) is 2.45. The van der Waals surface area contributed by atoms with E-state index in [4.69, 9.17) is 5.11 Å². The zero-order valence-electron chi connectivity index (χ0n) is 14.1. The molecular weight excluding hydrogens is 250 g/mol. The monoisotopic (exact) mass is 281 g/mol. The van der Waals surface area contributed by atoms with Gasteiger partial charge in [0.05, 0.1) is 11.2 Å². The number of hydrogen-bond acceptors (Lipinski definition) is 3. The molecule has 0 spiro atoms. The predicted octanol–water partition coefficient (Wildman–Crippen LogP) is 3.01. The molecule has 0 aliphatic heterocycles. The van der Waals surface area contributed by atoms with Gasteiger partial charge in [-0.05, 0) is 46.5 Å². The lowest BCUT2D eigenvalue weighted by Gasteiger charge is -2.26. The van der Waals surface area contributed by atoms with Crippen LogP contribution in [0, 0.1) is 12.3 Å². The Balaban J connectivity index is 2.73. The molecule has 1 atom stereocenters. The van der Waals surface area contributed by atoms with Gasteiger partial charge in [0.15, 0.2) is 0 Å². The molecule has 1 rings (SSSR count). The zero-order valence-corrected chi connectivity index (χ0v) is 14.1. The van der Waals surface area contributed by atoms with Crippen LogP contribution in [0.1, 0.15) is 65.3 Å². The fourth-order valence-corrected chi connectivity index (χ4v) is 2.17. The lowest BCUT2D eigenvalue weighted by molar-refractivity contribution is 0.203. The maximum Gasteiger partial charge on any atom is 0.0641 e. The number of aryl methyl sites for hydroxylation is 1. The van der Waals surface area contributed by atoms with Gasteiger partial charge in [0, 0.05) is 31.0 Å². The Morgan fingerprint density at radius 3 is 2.35 bits per heavy atom. The minimum absolute atomic E-state index is 0.0128. The van der Waals surface area contributed by atoms with Gasteiger partial charge in [0.25, 0.3) is 0 Å². The summed E-state index contributed by atoms with van der Waals surface area (Å²) in [6.45, 7) is 16.2. The Hall–Kier alpha value is -0.870. The fraction of sp³-hybridized carbons (Fsp3) is 0.812. The average Bonchev–Trinajstić information content (AvgIpc) is 2.68. The van der Waals surface area contributed by atoms with Crippen molar-refractivity contribution in [2.75, 3.05) is 13.2 Å². The Kier molecular flexibility index (Phi) is 5.39. The summed E-state index contributed by atoms with van der Waals surface area (Å²) in [5, 5.41) is 17.3. The second kappa shape index (κ2) is 6.27. The van der Waals surface area contributed by atoms with Crippen molar-refractivity contribution in [2.24, 2.45) is 5.41 Å². The fourth-order valence-electron chi connectivity index (χ4n) is 2.17. The molecule has 4 heteroatoms. The van der Waals surface area contributed by atoms with Crippen LogP contribution >= 0.6 is 0 Å². The number of nitrogens with zero attached hydrogens (tertiary/aromatic N) is 2. The summed E-state index contributed by atoms with van der Waals surface area (Å²) in [6.07, 6.45) is 2.96. The van der Waals surface area contributed by atoms with Crippen molar-refractivity contribution < 1.29 is 5.11 Å². The summed E-state index contributed by atoms with van der Waals surface area (Å²) in [5.74, 6) is 0. The molecule has 0 saturated carbocycles. The first kappa shape index (κ1) is 17.2. The van der Waals surface area contributed by atoms with Crippen LogP contribution in [-0.2, 0) is 5.54 Å². The topological polar surface area (TPSA) is 50.1 Å². The second-order valence-corrected chi connectivity index (χ2v) is 7.53. The highest BCUT2D eigenvalue weighted by Gasteiger charge is 2.22. The molecule has 0 aromatic carbocycles. The summed E-state index contributed by atoms with van der Waals surface area (Å²) in [7, 11) is 0. The second-order valence-electron chi connectivity index (χ2n) is 7.53. The quantitative estimate of drug-likeness (QED) is 0.842. The number of aliphatic hydroxyl groups excluding tert-OH is 1. The third-order valence-corrected chi connectivity index (χ3v) is 3.77. The molecule has 1 heterocycles. The first-order valence-electron chi connectivity index (χ1n) is 7.48. The van der Waals surface area contributed by atoms with E-state index in [1.807, 2.05) is 4.68 Å². The van der Waals surface area contributed by atoms with Crippen molar-refractivity contribution in [3.63, 3.8) is 0 Å². The number of hydrogen-bond donors (Lipinski definition) is 2. The summed E-state index contributed by atoms with van der Waals surface area (Å²) in [4.78, 5) is 0. The zero-order chi connectivity index (χ0) is 15.6. The highest BCUT2D eigenvalue weighted by molar-refractivity contribution is 5.20. The number of aliphatic hydroxyl groups is 1. The van der Waals surface area contributed by atoms with Gasteiger partial charge in [-0.3, -0.25) is 4.68 Å². The highest BCUT2D eigenvalue weighted by Crippen LogP contribution is 2.23. The van der Waals surface area contributed by atoms with E-state index in [0.717, 1.165) is 18.7 Å². The molecule has 2 N–H and O–H groups in total. The summed E-state index contributed by atoms with van der Waals surface area (Å²) >= 11 is 0. The number of aromatic nitrogens is 2. The van der Waals surface area contributed by atoms with Crippen LogP contribution in [0.4, 0.5) is 0 Å². The maximum absolute atomic E-state index is 9.08.